The van der Waals surface area contributed by atoms with Crippen molar-refractivity contribution in [3.05, 3.63) is 59.8 Å². The van der Waals surface area contributed by atoms with E-state index < -0.39 is 6.09 Å². The fraction of sp³-hybridized carbons (Fsp3) is 0.250. The zero-order valence-electron chi connectivity index (χ0n) is 15.1. The highest BCUT2D eigenvalue weighted by molar-refractivity contribution is 6.07. The molecular formula is C20H22N4O3. The van der Waals surface area contributed by atoms with Crippen LogP contribution in [-0.2, 0) is 0 Å². The molecule has 1 aromatic carbocycles. The summed E-state index contributed by atoms with van der Waals surface area (Å²) in [6, 6.07) is 12.1. The molecular weight excluding hydrogens is 344 g/mol. The molecule has 1 aliphatic rings. The van der Waals surface area contributed by atoms with Gasteiger partial charge in [-0.3, -0.25) is 10.1 Å². The molecule has 0 aliphatic carbocycles. The van der Waals surface area contributed by atoms with Gasteiger partial charge in [0.15, 0.2) is 5.78 Å². The van der Waals surface area contributed by atoms with Crippen molar-refractivity contribution in [1.29, 1.82) is 0 Å². The van der Waals surface area contributed by atoms with E-state index in [1.54, 1.807) is 30.3 Å². The number of ketones is 1. The number of piperazine rings is 1. The van der Waals surface area contributed by atoms with Gasteiger partial charge in [0, 0.05) is 37.4 Å². The van der Waals surface area contributed by atoms with Crippen LogP contribution in [0.3, 0.4) is 0 Å². The monoisotopic (exact) mass is 366 g/mol. The largest absolute Gasteiger partial charge is 0.465 e. The molecule has 1 saturated heterocycles. The molecule has 140 valence electrons. The molecule has 0 unspecified atom stereocenters. The lowest BCUT2D eigenvalue weighted by atomic mass is 10.1. The highest BCUT2D eigenvalue weighted by atomic mass is 16.4. The number of anilines is 2. The minimum Gasteiger partial charge on any atom is -0.465 e. The van der Waals surface area contributed by atoms with E-state index in [1.165, 1.54) is 6.08 Å². The molecule has 0 atom stereocenters. The van der Waals surface area contributed by atoms with Gasteiger partial charge in [-0.05, 0) is 55.6 Å². The predicted octanol–water partition coefficient (Wildman–Crippen LogP) is 2.82. The highest BCUT2D eigenvalue weighted by Crippen LogP contribution is 2.15. The van der Waals surface area contributed by atoms with Crippen molar-refractivity contribution in [2.24, 2.45) is 0 Å². The Bertz CT molecular complexity index is 841. The number of nitrogens with one attached hydrogen (secondary N) is 1. The van der Waals surface area contributed by atoms with Crippen LogP contribution in [0.4, 0.5) is 16.3 Å². The van der Waals surface area contributed by atoms with E-state index >= 15 is 0 Å². The lowest BCUT2D eigenvalue weighted by Gasteiger charge is -2.33. The second-order valence-corrected chi connectivity index (χ2v) is 6.42. The Kier molecular flexibility index (Phi) is 5.83. The number of allylic oxidation sites excluding steroid dienone is 1. The average molecular weight is 366 g/mol. The maximum Gasteiger partial charge on any atom is 0.409 e. The number of benzene rings is 1. The molecule has 0 radical (unpaired) electrons. The van der Waals surface area contributed by atoms with Gasteiger partial charge in [0.1, 0.15) is 5.82 Å². The molecule has 1 fully saturated rings. The summed E-state index contributed by atoms with van der Waals surface area (Å²) in [7, 11) is 2.11. The van der Waals surface area contributed by atoms with Crippen molar-refractivity contribution >= 4 is 29.5 Å². The average Bonchev–Trinajstić information content (AvgIpc) is 2.67. The zero-order chi connectivity index (χ0) is 19.2. The number of likely N-dealkylation sites (N-methyl/N-ethyl adjacent to an activating group) is 1. The first kappa shape index (κ1) is 18.6. The lowest BCUT2D eigenvalue weighted by molar-refractivity contribution is 0.104. The fourth-order valence-corrected chi connectivity index (χ4v) is 2.84. The minimum absolute atomic E-state index is 0.163. The molecule has 27 heavy (non-hydrogen) atoms. The van der Waals surface area contributed by atoms with E-state index in [-0.39, 0.29) is 5.78 Å². The summed E-state index contributed by atoms with van der Waals surface area (Å²) >= 11 is 0. The molecule has 2 heterocycles. The van der Waals surface area contributed by atoms with Crippen LogP contribution in [-0.4, -0.2) is 60.1 Å². The van der Waals surface area contributed by atoms with E-state index in [2.05, 4.69) is 27.1 Å². The number of pyridine rings is 1. The van der Waals surface area contributed by atoms with E-state index in [0.29, 0.717) is 11.3 Å². The van der Waals surface area contributed by atoms with E-state index in [4.69, 9.17) is 5.11 Å². The predicted molar refractivity (Wildman–Crippen MR) is 105 cm³/mol. The summed E-state index contributed by atoms with van der Waals surface area (Å²) in [5.41, 5.74) is 1.63. The zero-order valence-corrected chi connectivity index (χ0v) is 15.1. The van der Waals surface area contributed by atoms with Gasteiger partial charge in [0.05, 0.1) is 5.69 Å². The molecule has 1 aromatic heterocycles. The molecule has 0 saturated carbocycles. The van der Waals surface area contributed by atoms with Crippen molar-refractivity contribution in [2.45, 2.75) is 0 Å². The van der Waals surface area contributed by atoms with Crippen molar-refractivity contribution in [3.63, 3.8) is 0 Å². The Balaban J connectivity index is 1.65. The van der Waals surface area contributed by atoms with E-state index in [0.717, 1.165) is 37.7 Å². The summed E-state index contributed by atoms with van der Waals surface area (Å²) in [5.74, 6) is 0.755. The molecule has 7 nitrogen and oxygen atoms in total. The Morgan fingerprint density at radius 2 is 1.78 bits per heavy atom. The first-order valence-corrected chi connectivity index (χ1v) is 8.74. The van der Waals surface area contributed by atoms with Crippen LogP contribution in [0.1, 0.15) is 16.1 Å². The maximum atomic E-state index is 12.3. The molecule has 3 rings (SSSR count). The topological polar surface area (TPSA) is 85.8 Å². The normalized spacial score (nSPS) is 15.1. The van der Waals surface area contributed by atoms with Gasteiger partial charge in [0.2, 0.25) is 0 Å². The van der Waals surface area contributed by atoms with Gasteiger partial charge < -0.3 is 14.9 Å². The van der Waals surface area contributed by atoms with Crippen LogP contribution in [0.5, 0.6) is 0 Å². The number of aromatic nitrogens is 1. The van der Waals surface area contributed by atoms with Crippen LogP contribution in [0.15, 0.2) is 48.5 Å². The molecule has 7 heteroatoms. The second kappa shape index (κ2) is 8.46. The molecule has 2 aromatic rings. The number of hydrogen-bond acceptors (Lipinski definition) is 5. The minimum atomic E-state index is -1.14. The Morgan fingerprint density at radius 1 is 1.07 bits per heavy atom. The van der Waals surface area contributed by atoms with Crippen molar-refractivity contribution in [2.75, 3.05) is 43.4 Å². The van der Waals surface area contributed by atoms with Gasteiger partial charge in [0.25, 0.3) is 0 Å². The number of carbonyl (C=O) groups excluding carboxylic acids is 1. The van der Waals surface area contributed by atoms with Crippen LogP contribution in [0.2, 0.25) is 0 Å². The van der Waals surface area contributed by atoms with Gasteiger partial charge >= 0.3 is 6.09 Å². The van der Waals surface area contributed by atoms with E-state index in [1.807, 2.05) is 18.2 Å². The Hall–Kier alpha value is -3.19. The summed E-state index contributed by atoms with van der Waals surface area (Å²) < 4.78 is 0. The van der Waals surface area contributed by atoms with Crippen LogP contribution >= 0.6 is 0 Å². The SMILES string of the molecule is CN1CCN(c2cccc(/C=C/C(=O)c3ccc(NC(=O)O)cc3)n2)CC1. The van der Waals surface area contributed by atoms with Crippen LogP contribution in [0.25, 0.3) is 6.08 Å². The number of nitrogens with zero attached hydrogens (tertiary/aromatic N) is 3. The lowest BCUT2D eigenvalue weighted by Crippen LogP contribution is -2.44. The third-order valence-corrected chi connectivity index (χ3v) is 4.41. The Labute approximate surface area is 157 Å². The molecule has 2 N–H and O–H groups in total. The van der Waals surface area contributed by atoms with Gasteiger partial charge in [-0.2, -0.15) is 0 Å². The van der Waals surface area contributed by atoms with Crippen LogP contribution in [0, 0.1) is 0 Å². The first-order chi connectivity index (χ1) is 13.0. The third-order valence-electron chi connectivity index (χ3n) is 4.41. The number of amides is 1. The Morgan fingerprint density at radius 3 is 2.44 bits per heavy atom. The van der Waals surface area contributed by atoms with Gasteiger partial charge in [-0.1, -0.05) is 6.07 Å². The maximum absolute atomic E-state index is 12.3. The first-order valence-electron chi connectivity index (χ1n) is 8.74. The third kappa shape index (κ3) is 5.15. The van der Waals surface area contributed by atoms with Crippen molar-refractivity contribution in [1.82, 2.24) is 9.88 Å². The number of rotatable bonds is 5. The summed E-state index contributed by atoms with van der Waals surface area (Å²) in [6.45, 7) is 3.89. The standard InChI is InChI=1S/C20H22N4O3/c1-23-11-13-24(14-12-23)19-4-2-3-16(21-19)9-10-18(25)15-5-7-17(8-6-15)22-20(26)27/h2-10,22H,11-14H2,1H3,(H,26,27)/b10-9+. The summed E-state index contributed by atoms with van der Waals surface area (Å²) in [5, 5.41) is 10.9. The summed E-state index contributed by atoms with van der Waals surface area (Å²) in [4.78, 5) is 32.1. The molecule has 1 amide bonds. The number of carbonyl (C=O) groups is 2. The number of hydrogen-bond donors (Lipinski definition) is 2. The van der Waals surface area contributed by atoms with Crippen LogP contribution < -0.4 is 10.2 Å². The summed E-state index contributed by atoms with van der Waals surface area (Å²) in [6.07, 6.45) is 2.04. The van der Waals surface area contributed by atoms with Crippen molar-refractivity contribution < 1.29 is 14.7 Å². The quantitative estimate of drug-likeness (QED) is 0.625. The fourth-order valence-electron chi connectivity index (χ4n) is 2.84. The molecule has 0 spiro atoms. The highest BCUT2D eigenvalue weighted by Gasteiger charge is 2.15. The number of carboxylic acid groups (broad SMARTS) is 1. The van der Waals surface area contributed by atoms with Gasteiger partial charge in [-0.15, -0.1) is 0 Å². The molecule has 1 aliphatic heterocycles. The molecule has 0 bridgehead atoms. The second-order valence-electron chi connectivity index (χ2n) is 6.42. The van der Waals surface area contributed by atoms with Gasteiger partial charge in [-0.25, -0.2) is 9.78 Å². The van der Waals surface area contributed by atoms with Crippen molar-refractivity contribution in [3.8, 4) is 0 Å². The van der Waals surface area contributed by atoms with E-state index in [9.17, 15) is 9.59 Å². The smallest absolute Gasteiger partial charge is 0.409 e.